The lowest BCUT2D eigenvalue weighted by Crippen LogP contribution is -2.31. The van der Waals surface area contributed by atoms with Gasteiger partial charge in [-0.3, -0.25) is 14.4 Å². The van der Waals surface area contributed by atoms with Crippen molar-refractivity contribution in [2.45, 2.75) is 53.2 Å². The van der Waals surface area contributed by atoms with Crippen molar-refractivity contribution < 1.29 is 23.9 Å². The highest BCUT2D eigenvalue weighted by Crippen LogP contribution is 2.20. The lowest BCUT2D eigenvalue weighted by Gasteiger charge is -2.14. The zero-order valence-electron chi connectivity index (χ0n) is 18.6. The summed E-state index contributed by atoms with van der Waals surface area (Å²) in [6, 6.07) is 7.16. The Bertz CT molecular complexity index is 986. The molecule has 0 spiro atoms. The standard InChI is InChI=1S/C24H30N2O5/c1-15-7-8-19(10-16(15)2)24(29)25-12-23(28)31-14-22(27)21-11-17(3)26(18(21)4)13-20-6-5-9-30-20/h7-8,10-11,20H,5-6,9,12-14H2,1-4H3,(H,25,29)/t20-/m0/s1. The third-order valence-corrected chi connectivity index (χ3v) is 5.81. The molecule has 1 amide bonds. The fourth-order valence-electron chi connectivity index (χ4n) is 3.77. The third kappa shape index (κ3) is 5.61. The Morgan fingerprint density at radius 2 is 1.90 bits per heavy atom. The molecule has 7 heteroatoms. The highest BCUT2D eigenvalue weighted by Gasteiger charge is 2.21. The van der Waals surface area contributed by atoms with Crippen LogP contribution in [0.1, 0.15) is 56.1 Å². The molecule has 1 aromatic carbocycles. The van der Waals surface area contributed by atoms with Crippen molar-refractivity contribution in [2.75, 3.05) is 19.8 Å². The molecule has 2 aromatic rings. The molecule has 31 heavy (non-hydrogen) atoms. The molecule has 1 saturated heterocycles. The second-order valence-corrected chi connectivity index (χ2v) is 8.10. The van der Waals surface area contributed by atoms with Gasteiger partial charge in [0.25, 0.3) is 5.91 Å². The number of Topliss-reactive ketones (excluding diaryl/α,β-unsaturated/α-hetero) is 1. The normalized spacial score (nSPS) is 15.7. The molecular weight excluding hydrogens is 396 g/mol. The molecule has 7 nitrogen and oxygen atoms in total. The molecular formula is C24H30N2O5. The van der Waals surface area contributed by atoms with Crippen LogP contribution in [-0.2, 0) is 20.8 Å². The maximum absolute atomic E-state index is 12.6. The van der Waals surface area contributed by atoms with Crippen molar-refractivity contribution >= 4 is 17.7 Å². The maximum Gasteiger partial charge on any atom is 0.325 e. The summed E-state index contributed by atoms with van der Waals surface area (Å²) < 4.78 is 12.9. The number of ether oxygens (including phenoxy) is 2. The van der Waals surface area contributed by atoms with Gasteiger partial charge >= 0.3 is 5.97 Å². The van der Waals surface area contributed by atoms with Crippen LogP contribution in [-0.4, -0.2) is 48.1 Å². The van der Waals surface area contributed by atoms with E-state index in [1.54, 1.807) is 12.1 Å². The Morgan fingerprint density at radius 3 is 2.58 bits per heavy atom. The van der Waals surface area contributed by atoms with E-state index in [-0.39, 0.29) is 30.9 Å². The Morgan fingerprint density at radius 1 is 1.13 bits per heavy atom. The minimum Gasteiger partial charge on any atom is -0.456 e. The van der Waals surface area contributed by atoms with Crippen LogP contribution in [0.25, 0.3) is 0 Å². The molecule has 1 aromatic heterocycles. The number of amides is 1. The van der Waals surface area contributed by atoms with Crippen LogP contribution >= 0.6 is 0 Å². The minimum absolute atomic E-state index is 0.173. The van der Waals surface area contributed by atoms with Gasteiger partial charge in [0.1, 0.15) is 6.54 Å². The van der Waals surface area contributed by atoms with Gasteiger partial charge in [-0.2, -0.15) is 0 Å². The van der Waals surface area contributed by atoms with Crippen LogP contribution in [0.2, 0.25) is 0 Å². The van der Waals surface area contributed by atoms with Gasteiger partial charge in [0, 0.05) is 35.7 Å². The first-order chi connectivity index (χ1) is 14.8. The Hall–Kier alpha value is -2.93. The summed E-state index contributed by atoms with van der Waals surface area (Å²) in [4.78, 5) is 36.8. The zero-order valence-corrected chi connectivity index (χ0v) is 18.6. The number of nitrogens with one attached hydrogen (secondary N) is 1. The van der Waals surface area contributed by atoms with Crippen molar-refractivity contribution in [1.82, 2.24) is 9.88 Å². The first-order valence-electron chi connectivity index (χ1n) is 10.6. The Kier molecular flexibility index (Phi) is 7.28. The van der Waals surface area contributed by atoms with Crippen molar-refractivity contribution in [1.29, 1.82) is 0 Å². The van der Waals surface area contributed by atoms with Crippen molar-refractivity contribution in [3.8, 4) is 0 Å². The summed E-state index contributed by atoms with van der Waals surface area (Å²) >= 11 is 0. The quantitative estimate of drug-likeness (QED) is 0.518. The Balaban J connectivity index is 1.50. The van der Waals surface area contributed by atoms with Gasteiger partial charge in [-0.15, -0.1) is 0 Å². The lowest BCUT2D eigenvalue weighted by molar-refractivity contribution is -0.141. The van der Waals surface area contributed by atoms with Gasteiger partial charge < -0.3 is 19.4 Å². The first-order valence-corrected chi connectivity index (χ1v) is 10.6. The summed E-state index contributed by atoms with van der Waals surface area (Å²) in [6.45, 7) is 8.57. The molecule has 1 fully saturated rings. The summed E-state index contributed by atoms with van der Waals surface area (Å²) in [5.74, 6) is -1.27. The predicted octanol–water partition coefficient (Wildman–Crippen LogP) is 3.06. The van der Waals surface area contributed by atoms with Crippen LogP contribution in [0.15, 0.2) is 24.3 Å². The SMILES string of the molecule is Cc1ccc(C(=O)NCC(=O)OCC(=O)c2cc(C)n(C[C@@H]3CCCO3)c2C)cc1C. The highest BCUT2D eigenvalue weighted by atomic mass is 16.5. The molecule has 166 valence electrons. The lowest BCUT2D eigenvalue weighted by atomic mass is 10.1. The average Bonchev–Trinajstić information content (AvgIpc) is 3.36. The molecule has 0 unspecified atom stereocenters. The average molecular weight is 427 g/mol. The number of nitrogens with zero attached hydrogens (tertiary/aromatic N) is 1. The smallest absolute Gasteiger partial charge is 0.325 e. The van der Waals surface area contributed by atoms with Gasteiger partial charge in [0.2, 0.25) is 5.78 Å². The van der Waals surface area contributed by atoms with Crippen LogP contribution in [0.3, 0.4) is 0 Å². The second-order valence-electron chi connectivity index (χ2n) is 8.10. The number of aromatic nitrogens is 1. The Labute approximate surface area is 182 Å². The van der Waals surface area contributed by atoms with E-state index < -0.39 is 5.97 Å². The number of carbonyl (C=O) groups excluding carboxylic acids is 3. The van der Waals surface area contributed by atoms with Crippen LogP contribution in [0.4, 0.5) is 0 Å². The maximum atomic E-state index is 12.6. The molecule has 1 aliphatic rings. The zero-order chi connectivity index (χ0) is 22.5. The molecule has 2 heterocycles. The van der Waals surface area contributed by atoms with Gasteiger partial charge in [-0.25, -0.2) is 0 Å². The number of hydrogen-bond acceptors (Lipinski definition) is 5. The molecule has 0 saturated carbocycles. The molecule has 1 N–H and O–H groups in total. The first kappa shape index (κ1) is 22.7. The summed E-state index contributed by atoms with van der Waals surface area (Å²) in [7, 11) is 0. The van der Waals surface area contributed by atoms with E-state index in [2.05, 4.69) is 9.88 Å². The minimum atomic E-state index is -0.654. The van der Waals surface area contributed by atoms with E-state index in [1.807, 2.05) is 39.8 Å². The van der Waals surface area contributed by atoms with E-state index in [1.165, 1.54) is 0 Å². The third-order valence-electron chi connectivity index (χ3n) is 5.81. The van der Waals surface area contributed by atoms with Gasteiger partial charge in [0.15, 0.2) is 6.61 Å². The summed E-state index contributed by atoms with van der Waals surface area (Å²) in [6.07, 6.45) is 2.25. The van der Waals surface area contributed by atoms with E-state index >= 15 is 0 Å². The fourth-order valence-corrected chi connectivity index (χ4v) is 3.77. The molecule has 1 atom stereocenters. The van der Waals surface area contributed by atoms with E-state index in [0.29, 0.717) is 11.1 Å². The highest BCUT2D eigenvalue weighted by molar-refractivity contribution is 6.00. The van der Waals surface area contributed by atoms with E-state index in [4.69, 9.17) is 9.47 Å². The number of esters is 1. The largest absolute Gasteiger partial charge is 0.456 e. The van der Waals surface area contributed by atoms with Crippen LogP contribution in [0.5, 0.6) is 0 Å². The van der Waals surface area contributed by atoms with Crippen LogP contribution in [0, 0.1) is 27.7 Å². The number of ketones is 1. The summed E-state index contributed by atoms with van der Waals surface area (Å²) in [5.41, 5.74) is 4.93. The number of hydrogen-bond donors (Lipinski definition) is 1. The number of aryl methyl sites for hydroxylation is 3. The number of benzene rings is 1. The van der Waals surface area contributed by atoms with Crippen molar-refractivity contribution in [3.05, 3.63) is 57.9 Å². The molecule has 0 aliphatic carbocycles. The van der Waals surface area contributed by atoms with E-state index in [0.717, 1.165) is 48.5 Å². The van der Waals surface area contributed by atoms with Gasteiger partial charge in [-0.1, -0.05) is 6.07 Å². The monoisotopic (exact) mass is 426 g/mol. The molecule has 0 radical (unpaired) electrons. The molecule has 3 rings (SSSR count). The van der Waals surface area contributed by atoms with E-state index in [9.17, 15) is 14.4 Å². The summed E-state index contributed by atoms with van der Waals surface area (Å²) in [5, 5.41) is 2.53. The molecule has 1 aliphatic heterocycles. The molecule has 0 bridgehead atoms. The van der Waals surface area contributed by atoms with Gasteiger partial charge in [-0.05, 0) is 69.9 Å². The fraction of sp³-hybridized carbons (Fsp3) is 0.458. The van der Waals surface area contributed by atoms with Crippen molar-refractivity contribution in [3.63, 3.8) is 0 Å². The number of carbonyl (C=O) groups is 3. The topological polar surface area (TPSA) is 86.6 Å². The van der Waals surface area contributed by atoms with Gasteiger partial charge in [0.05, 0.1) is 6.10 Å². The predicted molar refractivity (Wildman–Crippen MR) is 116 cm³/mol. The van der Waals surface area contributed by atoms with Crippen molar-refractivity contribution in [2.24, 2.45) is 0 Å². The number of rotatable bonds is 8. The second kappa shape index (κ2) is 9.92. The van der Waals surface area contributed by atoms with Crippen LogP contribution < -0.4 is 5.32 Å².